The second-order valence-corrected chi connectivity index (χ2v) is 9.70. The van der Waals surface area contributed by atoms with Gasteiger partial charge in [-0.25, -0.2) is 0 Å². The predicted octanol–water partition coefficient (Wildman–Crippen LogP) is 4.33. The summed E-state index contributed by atoms with van der Waals surface area (Å²) in [5.41, 5.74) is 1.69. The van der Waals surface area contributed by atoms with Crippen LogP contribution >= 0.6 is 0 Å². The SMILES string of the molecule is CC1(O)CCC2(C)C(=CCC3C4CCC(=CC#N)C4(C)CC(=O)C32)C1. The minimum absolute atomic E-state index is 0.0781. The fourth-order valence-corrected chi connectivity index (χ4v) is 6.80. The van der Waals surface area contributed by atoms with E-state index in [9.17, 15) is 9.90 Å². The molecule has 0 aromatic heterocycles. The van der Waals surface area contributed by atoms with Crippen LogP contribution in [0.4, 0.5) is 0 Å². The normalized spacial score (nSPS) is 50.5. The number of ketones is 1. The minimum Gasteiger partial charge on any atom is -0.390 e. The zero-order valence-electron chi connectivity index (χ0n) is 15.6. The average Bonchev–Trinajstić information content (AvgIpc) is 2.84. The minimum atomic E-state index is -0.625. The number of allylic oxidation sites excluding steroid dienone is 3. The molecule has 0 bridgehead atoms. The zero-order valence-corrected chi connectivity index (χ0v) is 15.6. The van der Waals surface area contributed by atoms with Crippen LogP contribution in [0.1, 0.15) is 65.7 Å². The highest BCUT2D eigenvalue weighted by Gasteiger charge is 2.61. The fourth-order valence-electron chi connectivity index (χ4n) is 6.80. The number of fused-ring (bicyclic) bond motifs is 5. The highest BCUT2D eigenvalue weighted by molar-refractivity contribution is 5.85. The van der Waals surface area contributed by atoms with Gasteiger partial charge in [-0.3, -0.25) is 4.79 Å². The molecule has 3 nitrogen and oxygen atoms in total. The van der Waals surface area contributed by atoms with E-state index in [0.717, 1.165) is 32.1 Å². The van der Waals surface area contributed by atoms with Crippen molar-refractivity contribution in [1.29, 1.82) is 5.26 Å². The number of hydrogen-bond donors (Lipinski definition) is 1. The quantitative estimate of drug-likeness (QED) is 0.528. The maximum atomic E-state index is 13.3. The topological polar surface area (TPSA) is 61.1 Å². The maximum Gasteiger partial charge on any atom is 0.138 e. The van der Waals surface area contributed by atoms with E-state index < -0.39 is 5.60 Å². The van der Waals surface area contributed by atoms with Crippen molar-refractivity contribution in [2.75, 3.05) is 0 Å². The van der Waals surface area contributed by atoms with E-state index >= 15 is 0 Å². The summed E-state index contributed by atoms with van der Waals surface area (Å²) in [5.74, 6) is 1.40. The first kappa shape index (κ1) is 17.0. The number of Topliss-reactive ketones (excluding diaryl/α,β-unsaturated/α-hetero) is 1. The Balaban J connectivity index is 1.74. The number of aliphatic hydroxyl groups is 1. The number of nitrogens with zero attached hydrogens (tertiary/aromatic N) is 1. The van der Waals surface area contributed by atoms with Gasteiger partial charge in [0, 0.05) is 18.4 Å². The molecular formula is C22H29NO2. The van der Waals surface area contributed by atoms with Gasteiger partial charge in [0.05, 0.1) is 11.7 Å². The molecule has 134 valence electrons. The molecule has 0 aliphatic heterocycles. The van der Waals surface area contributed by atoms with Crippen LogP contribution in [0.3, 0.4) is 0 Å². The van der Waals surface area contributed by atoms with E-state index in [1.807, 2.05) is 6.92 Å². The molecule has 0 amide bonds. The van der Waals surface area contributed by atoms with Crippen LogP contribution in [0.5, 0.6) is 0 Å². The Morgan fingerprint density at radius 3 is 2.72 bits per heavy atom. The Morgan fingerprint density at radius 2 is 2.00 bits per heavy atom. The molecule has 4 aliphatic rings. The summed E-state index contributed by atoms with van der Waals surface area (Å²) in [5, 5.41) is 19.6. The third-order valence-electron chi connectivity index (χ3n) is 8.16. The summed E-state index contributed by atoms with van der Waals surface area (Å²) >= 11 is 0. The van der Waals surface area contributed by atoms with Gasteiger partial charge in [-0.1, -0.05) is 31.1 Å². The van der Waals surface area contributed by atoms with Crippen LogP contribution in [0, 0.1) is 39.9 Å². The highest BCUT2D eigenvalue weighted by Crippen LogP contribution is 2.65. The standard InChI is InChI=1S/C22H29NO2/c1-20(25)9-10-21(2)15(12-20)4-6-16-17-7-5-14(8-11-23)22(17,3)13-18(24)19(16)21/h4,8,16-17,19,25H,5-7,9-10,12-13H2,1-3H3. The van der Waals surface area contributed by atoms with Crippen LogP contribution in [0.25, 0.3) is 0 Å². The number of carbonyl (C=O) groups excluding carboxylic acids is 1. The Kier molecular flexibility index (Phi) is 3.61. The summed E-state index contributed by atoms with van der Waals surface area (Å²) in [6.07, 6.45) is 10.1. The molecular weight excluding hydrogens is 310 g/mol. The molecule has 0 aromatic carbocycles. The van der Waals surface area contributed by atoms with E-state index in [2.05, 4.69) is 26.0 Å². The van der Waals surface area contributed by atoms with Crippen molar-refractivity contribution >= 4 is 5.78 Å². The van der Waals surface area contributed by atoms with Gasteiger partial charge in [0.2, 0.25) is 0 Å². The van der Waals surface area contributed by atoms with Crippen molar-refractivity contribution in [3.8, 4) is 6.07 Å². The molecule has 3 saturated carbocycles. The van der Waals surface area contributed by atoms with Gasteiger partial charge in [-0.05, 0) is 68.1 Å². The lowest BCUT2D eigenvalue weighted by atomic mass is 9.46. The Morgan fingerprint density at radius 1 is 1.24 bits per heavy atom. The second kappa shape index (κ2) is 5.30. The van der Waals surface area contributed by atoms with E-state index in [1.54, 1.807) is 6.08 Å². The summed E-state index contributed by atoms with van der Waals surface area (Å²) in [6, 6.07) is 2.20. The number of rotatable bonds is 0. The molecule has 4 rings (SSSR count). The van der Waals surface area contributed by atoms with Crippen molar-refractivity contribution < 1.29 is 9.90 Å². The Bertz CT molecular complexity index is 725. The summed E-state index contributed by atoms with van der Waals surface area (Å²) in [4.78, 5) is 13.3. The molecule has 1 N–H and O–H groups in total. The van der Waals surface area contributed by atoms with Crippen LogP contribution in [0.2, 0.25) is 0 Å². The van der Waals surface area contributed by atoms with Gasteiger partial charge in [-0.15, -0.1) is 0 Å². The molecule has 3 fully saturated rings. The van der Waals surface area contributed by atoms with Crippen molar-refractivity contribution in [2.24, 2.45) is 28.6 Å². The van der Waals surface area contributed by atoms with Gasteiger partial charge >= 0.3 is 0 Å². The van der Waals surface area contributed by atoms with E-state index in [1.165, 1.54) is 11.1 Å². The third-order valence-corrected chi connectivity index (χ3v) is 8.16. The van der Waals surface area contributed by atoms with E-state index in [-0.39, 0.29) is 16.7 Å². The van der Waals surface area contributed by atoms with Crippen molar-refractivity contribution in [2.45, 2.75) is 71.3 Å². The lowest BCUT2D eigenvalue weighted by Crippen LogP contribution is -2.54. The summed E-state index contributed by atoms with van der Waals surface area (Å²) in [6.45, 7) is 6.41. The molecule has 0 radical (unpaired) electrons. The first-order valence-corrected chi connectivity index (χ1v) is 9.75. The van der Waals surface area contributed by atoms with Gasteiger partial charge < -0.3 is 5.11 Å². The molecule has 0 aromatic rings. The Labute approximate surface area is 150 Å². The number of carbonyl (C=O) groups is 1. The van der Waals surface area contributed by atoms with E-state index in [0.29, 0.717) is 30.5 Å². The van der Waals surface area contributed by atoms with Gasteiger partial charge in [-0.2, -0.15) is 5.26 Å². The average molecular weight is 339 g/mol. The van der Waals surface area contributed by atoms with Crippen LogP contribution < -0.4 is 0 Å². The molecule has 6 atom stereocenters. The first-order valence-electron chi connectivity index (χ1n) is 9.75. The zero-order chi connectivity index (χ0) is 18.0. The smallest absolute Gasteiger partial charge is 0.138 e. The van der Waals surface area contributed by atoms with Crippen molar-refractivity contribution in [3.05, 3.63) is 23.3 Å². The molecule has 0 heterocycles. The van der Waals surface area contributed by atoms with Gasteiger partial charge in [0.25, 0.3) is 0 Å². The largest absolute Gasteiger partial charge is 0.390 e. The van der Waals surface area contributed by atoms with Crippen LogP contribution in [-0.4, -0.2) is 16.5 Å². The molecule has 3 heteroatoms. The second-order valence-electron chi connectivity index (χ2n) is 9.70. The molecule has 25 heavy (non-hydrogen) atoms. The maximum absolute atomic E-state index is 13.3. The monoisotopic (exact) mass is 339 g/mol. The highest BCUT2D eigenvalue weighted by atomic mass is 16.3. The van der Waals surface area contributed by atoms with Gasteiger partial charge in [0.15, 0.2) is 0 Å². The molecule has 4 aliphatic carbocycles. The number of nitriles is 1. The Hall–Kier alpha value is -1.40. The third kappa shape index (κ3) is 2.30. The van der Waals surface area contributed by atoms with Crippen molar-refractivity contribution in [1.82, 2.24) is 0 Å². The lowest BCUT2D eigenvalue weighted by molar-refractivity contribution is -0.142. The fraction of sp³-hybridized carbons (Fsp3) is 0.727. The van der Waals surface area contributed by atoms with Crippen molar-refractivity contribution in [3.63, 3.8) is 0 Å². The summed E-state index contributed by atoms with van der Waals surface area (Å²) in [7, 11) is 0. The lowest BCUT2D eigenvalue weighted by Gasteiger charge is -2.57. The predicted molar refractivity (Wildman–Crippen MR) is 96.4 cm³/mol. The molecule has 6 unspecified atom stereocenters. The van der Waals surface area contributed by atoms with E-state index in [4.69, 9.17) is 5.26 Å². The molecule has 0 spiro atoms. The van der Waals surface area contributed by atoms with Crippen LogP contribution in [-0.2, 0) is 4.79 Å². The summed E-state index contributed by atoms with van der Waals surface area (Å²) < 4.78 is 0. The first-order chi connectivity index (χ1) is 11.7. The van der Waals surface area contributed by atoms with Gasteiger partial charge in [0.1, 0.15) is 5.78 Å². The molecule has 0 saturated heterocycles. The van der Waals surface area contributed by atoms with Crippen LogP contribution in [0.15, 0.2) is 23.3 Å². The number of hydrogen-bond acceptors (Lipinski definition) is 3.